The second-order valence-electron chi connectivity index (χ2n) is 2.63. The third-order valence-corrected chi connectivity index (χ3v) is 1.78. The number of halogens is 1. The zero-order valence-corrected chi connectivity index (χ0v) is 8.32. The van der Waals surface area contributed by atoms with Crippen molar-refractivity contribution < 1.29 is 19.4 Å². The largest absolute Gasteiger partial charge is 0.477 e. The van der Waals surface area contributed by atoms with Crippen molar-refractivity contribution in [1.29, 1.82) is 0 Å². The van der Waals surface area contributed by atoms with Crippen LogP contribution in [0, 0.1) is 0 Å². The summed E-state index contributed by atoms with van der Waals surface area (Å²) in [5.41, 5.74) is -0.620. The van der Waals surface area contributed by atoms with Crippen LogP contribution < -0.4 is 4.74 Å². The molecule has 4 nitrogen and oxygen atoms in total. The molecule has 0 aliphatic carbocycles. The molecule has 1 aromatic carbocycles. The smallest absolute Gasteiger partial charge is 0.350 e. The number of carboxylic acids is 1. The van der Waals surface area contributed by atoms with Gasteiger partial charge in [0.2, 0.25) is 0 Å². The van der Waals surface area contributed by atoms with Gasteiger partial charge in [-0.15, -0.1) is 0 Å². The lowest BCUT2D eigenvalue weighted by atomic mass is 10.3. The molecule has 15 heavy (non-hydrogen) atoms. The molecule has 0 aromatic heterocycles. The first-order chi connectivity index (χ1) is 7.00. The van der Waals surface area contributed by atoms with Crippen LogP contribution in [-0.4, -0.2) is 17.0 Å². The van der Waals surface area contributed by atoms with Gasteiger partial charge in [-0.3, -0.25) is 0 Å². The fourth-order valence-electron chi connectivity index (χ4n) is 0.759. The Hall–Kier alpha value is -1.81. The molecule has 0 saturated carbocycles. The van der Waals surface area contributed by atoms with Crippen LogP contribution in [0.3, 0.4) is 0 Å². The minimum Gasteiger partial charge on any atom is -0.477 e. The number of carboxylic acid groups (broad SMARTS) is 1. The number of rotatable bonds is 3. The Morgan fingerprint density at radius 1 is 1.27 bits per heavy atom. The van der Waals surface area contributed by atoms with Crippen LogP contribution in [0.2, 0.25) is 5.02 Å². The van der Waals surface area contributed by atoms with Gasteiger partial charge in [0, 0.05) is 5.02 Å². The van der Waals surface area contributed by atoms with Crippen LogP contribution >= 0.6 is 11.6 Å². The molecule has 0 spiro atoms. The Kier molecular flexibility index (Phi) is 3.46. The van der Waals surface area contributed by atoms with Crippen molar-refractivity contribution >= 4 is 23.5 Å². The van der Waals surface area contributed by atoms with Gasteiger partial charge in [0.25, 0.3) is 0 Å². The summed E-state index contributed by atoms with van der Waals surface area (Å²) in [6.07, 6.45) is 0. The number of benzene rings is 1. The van der Waals surface area contributed by atoms with E-state index in [0.29, 0.717) is 5.02 Å². The molecule has 0 saturated heterocycles. The van der Waals surface area contributed by atoms with Crippen molar-refractivity contribution in [3.63, 3.8) is 0 Å². The maximum atomic E-state index is 11.1. The topological polar surface area (TPSA) is 63.6 Å². The lowest BCUT2D eigenvalue weighted by Gasteiger charge is -2.03. The lowest BCUT2D eigenvalue weighted by Crippen LogP contribution is -2.16. The van der Waals surface area contributed by atoms with E-state index in [1.54, 1.807) is 0 Å². The first-order valence-electron chi connectivity index (χ1n) is 3.90. The van der Waals surface area contributed by atoms with Crippen molar-refractivity contribution in [3.05, 3.63) is 41.4 Å². The molecule has 0 radical (unpaired) electrons. The normalized spacial score (nSPS) is 9.40. The van der Waals surface area contributed by atoms with E-state index in [4.69, 9.17) is 21.4 Å². The van der Waals surface area contributed by atoms with Crippen LogP contribution in [-0.2, 0) is 9.59 Å². The summed E-state index contributed by atoms with van der Waals surface area (Å²) in [7, 11) is 0. The van der Waals surface area contributed by atoms with Crippen LogP contribution in [0.1, 0.15) is 0 Å². The van der Waals surface area contributed by atoms with Gasteiger partial charge in [0.15, 0.2) is 0 Å². The fraction of sp³-hybridized carbons (Fsp3) is 0. The molecule has 1 aromatic rings. The van der Waals surface area contributed by atoms with Gasteiger partial charge in [0.1, 0.15) is 11.3 Å². The van der Waals surface area contributed by atoms with E-state index in [2.05, 4.69) is 6.58 Å². The highest BCUT2D eigenvalue weighted by molar-refractivity contribution is 6.30. The second kappa shape index (κ2) is 4.61. The molecular weight excluding hydrogens is 220 g/mol. The molecule has 0 bridgehead atoms. The number of ether oxygens (including phenoxy) is 1. The Labute approximate surface area is 90.7 Å². The predicted molar refractivity (Wildman–Crippen MR) is 53.9 cm³/mol. The zero-order valence-electron chi connectivity index (χ0n) is 7.57. The average molecular weight is 227 g/mol. The molecule has 0 atom stereocenters. The van der Waals surface area contributed by atoms with E-state index < -0.39 is 17.5 Å². The standard InChI is InChI=1S/C10H7ClO4/c1-6(9(12)13)10(14)15-8-4-2-7(11)3-5-8/h2-5H,1H2,(H,12,13). The van der Waals surface area contributed by atoms with Gasteiger partial charge in [-0.25, -0.2) is 9.59 Å². The van der Waals surface area contributed by atoms with Gasteiger partial charge in [0.05, 0.1) is 0 Å². The number of hydrogen-bond donors (Lipinski definition) is 1. The van der Waals surface area contributed by atoms with Crippen LogP contribution in [0.4, 0.5) is 0 Å². The van der Waals surface area contributed by atoms with Crippen LogP contribution in [0.15, 0.2) is 36.4 Å². The first-order valence-corrected chi connectivity index (χ1v) is 4.28. The predicted octanol–water partition coefficient (Wildman–Crippen LogP) is 1.89. The van der Waals surface area contributed by atoms with Gasteiger partial charge < -0.3 is 9.84 Å². The maximum absolute atomic E-state index is 11.1. The molecule has 1 rings (SSSR count). The van der Waals surface area contributed by atoms with Gasteiger partial charge in [-0.2, -0.15) is 0 Å². The minimum absolute atomic E-state index is 0.215. The lowest BCUT2D eigenvalue weighted by molar-refractivity contribution is -0.138. The van der Waals surface area contributed by atoms with Crippen LogP contribution in [0.25, 0.3) is 0 Å². The van der Waals surface area contributed by atoms with Crippen molar-refractivity contribution in [2.45, 2.75) is 0 Å². The molecule has 5 heteroatoms. The van der Waals surface area contributed by atoms with Crippen molar-refractivity contribution in [1.82, 2.24) is 0 Å². The number of carbonyl (C=O) groups is 2. The highest BCUT2D eigenvalue weighted by Crippen LogP contribution is 2.16. The Morgan fingerprint density at radius 2 is 1.80 bits per heavy atom. The Morgan fingerprint density at radius 3 is 2.27 bits per heavy atom. The molecule has 0 heterocycles. The monoisotopic (exact) mass is 226 g/mol. The Bertz CT molecular complexity index is 408. The summed E-state index contributed by atoms with van der Waals surface area (Å²) in [6.45, 7) is 3.07. The van der Waals surface area contributed by atoms with E-state index >= 15 is 0 Å². The van der Waals surface area contributed by atoms with E-state index in [-0.39, 0.29) is 5.75 Å². The molecule has 0 amide bonds. The number of carbonyl (C=O) groups excluding carboxylic acids is 1. The van der Waals surface area contributed by atoms with E-state index in [0.717, 1.165) is 0 Å². The highest BCUT2D eigenvalue weighted by Gasteiger charge is 2.16. The molecular formula is C10H7ClO4. The molecule has 78 valence electrons. The molecule has 0 fully saturated rings. The maximum Gasteiger partial charge on any atom is 0.350 e. The molecule has 0 unspecified atom stereocenters. The Balaban J connectivity index is 2.71. The summed E-state index contributed by atoms with van der Waals surface area (Å²) >= 11 is 5.61. The average Bonchev–Trinajstić information content (AvgIpc) is 2.20. The van der Waals surface area contributed by atoms with Crippen LogP contribution in [0.5, 0.6) is 5.75 Å². The van der Waals surface area contributed by atoms with Gasteiger partial charge >= 0.3 is 11.9 Å². The minimum atomic E-state index is -1.41. The highest BCUT2D eigenvalue weighted by atomic mass is 35.5. The number of hydrogen-bond acceptors (Lipinski definition) is 3. The van der Waals surface area contributed by atoms with Crippen molar-refractivity contribution in [2.24, 2.45) is 0 Å². The van der Waals surface area contributed by atoms with E-state index in [9.17, 15) is 9.59 Å². The third-order valence-electron chi connectivity index (χ3n) is 1.53. The van der Waals surface area contributed by atoms with Crippen molar-refractivity contribution in [3.8, 4) is 5.75 Å². The molecule has 0 aliphatic rings. The van der Waals surface area contributed by atoms with E-state index in [1.165, 1.54) is 24.3 Å². The second-order valence-corrected chi connectivity index (χ2v) is 3.06. The summed E-state index contributed by atoms with van der Waals surface area (Å²) in [6, 6.07) is 5.95. The third kappa shape index (κ3) is 3.11. The zero-order chi connectivity index (χ0) is 11.4. The quantitative estimate of drug-likeness (QED) is 0.281. The molecule has 1 N–H and O–H groups in total. The molecule has 0 aliphatic heterocycles. The summed E-state index contributed by atoms with van der Waals surface area (Å²) in [5, 5.41) is 8.95. The SMILES string of the molecule is C=C(C(=O)O)C(=O)Oc1ccc(Cl)cc1. The van der Waals surface area contributed by atoms with Gasteiger partial charge in [-0.1, -0.05) is 18.2 Å². The van der Waals surface area contributed by atoms with Gasteiger partial charge in [-0.05, 0) is 24.3 Å². The number of esters is 1. The number of aliphatic carboxylic acids is 1. The van der Waals surface area contributed by atoms with E-state index in [1.807, 2.05) is 0 Å². The van der Waals surface area contributed by atoms with Crippen molar-refractivity contribution in [2.75, 3.05) is 0 Å². The summed E-state index contributed by atoms with van der Waals surface area (Å²) in [5.74, 6) is -2.19. The first kappa shape index (κ1) is 11.3. The fourth-order valence-corrected chi connectivity index (χ4v) is 0.885. The summed E-state index contributed by atoms with van der Waals surface area (Å²) < 4.78 is 4.71. The summed E-state index contributed by atoms with van der Waals surface area (Å²) in [4.78, 5) is 21.5.